The maximum atomic E-state index is 12.6. The molecule has 178 valence electrons. The average molecular weight is 465 g/mol. The van der Waals surface area contributed by atoms with Crippen molar-refractivity contribution in [2.24, 2.45) is 5.92 Å². The molecule has 0 spiro atoms. The fourth-order valence-corrected chi connectivity index (χ4v) is 4.54. The predicted molar refractivity (Wildman–Crippen MR) is 125 cm³/mol. The van der Waals surface area contributed by atoms with Gasteiger partial charge in [0.1, 0.15) is 12.6 Å². The number of hydrogen-bond donors (Lipinski definition) is 3. The van der Waals surface area contributed by atoms with Gasteiger partial charge in [0.15, 0.2) is 0 Å². The van der Waals surface area contributed by atoms with Crippen LogP contribution in [0.3, 0.4) is 0 Å². The van der Waals surface area contributed by atoms with E-state index in [1.54, 1.807) is 6.08 Å². The lowest BCUT2D eigenvalue weighted by molar-refractivity contribution is -0.141. The van der Waals surface area contributed by atoms with Crippen molar-refractivity contribution in [3.05, 3.63) is 72.3 Å². The minimum Gasteiger partial charge on any atom is -0.481 e. The number of hydrogen-bond acceptors (Lipinski definition) is 5. The molecule has 0 radical (unpaired) electrons. The number of benzene rings is 2. The van der Waals surface area contributed by atoms with E-state index < -0.39 is 29.9 Å². The third-order valence-electron chi connectivity index (χ3n) is 6.29. The Balaban J connectivity index is 1.31. The van der Waals surface area contributed by atoms with Gasteiger partial charge in [-0.2, -0.15) is 0 Å². The van der Waals surface area contributed by atoms with E-state index >= 15 is 0 Å². The quantitative estimate of drug-likeness (QED) is 0.492. The summed E-state index contributed by atoms with van der Waals surface area (Å²) in [7, 11) is 0. The maximum Gasteiger partial charge on any atom is 0.407 e. The Morgan fingerprint density at radius 2 is 1.76 bits per heavy atom. The maximum absolute atomic E-state index is 12.6. The molecule has 1 saturated heterocycles. The summed E-state index contributed by atoms with van der Waals surface area (Å²) >= 11 is 0. The van der Waals surface area contributed by atoms with Gasteiger partial charge in [0.25, 0.3) is 0 Å². The predicted octanol–water partition coefficient (Wildman–Crippen LogP) is 3.08. The fourth-order valence-electron chi connectivity index (χ4n) is 4.54. The van der Waals surface area contributed by atoms with Crippen molar-refractivity contribution in [2.75, 3.05) is 19.8 Å². The summed E-state index contributed by atoms with van der Waals surface area (Å²) in [6, 6.07) is 15.3. The topological polar surface area (TPSA) is 114 Å². The molecule has 3 unspecified atom stereocenters. The highest BCUT2D eigenvalue weighted by Gasteiger charge is 2.32. The van der Waals surface area contributed by atoms with Crippen LogP contribution in [0.25, 0.3) is 11.1 Å². The molecule has 3 N–H and O–H groups in total. The highest BCUT2D eigenvalue weighted by molar-refractivity contribution is 5.86. The summed E-state index contributed by atoms with van der Waals surface area (Å²) in [5.74, 6) is -1.96. The first-order chi connectivity index (χ1) is 16.5. The highest BCUT2D eigenvalue weighted by atomic mass is 16.5. The van der Waals surface area contributed by atoms with Crippen LogP contribution >= 0.6 is 0 Å². The summed E-state index contributed by atoms with van der Waals surface area (Å²) in [5.41, 5.74) is 4.48. The second-order valence-electron chi connectivity index (χ2n) is 8.52. The van der Waals surface area contributed by atoms with Crippen molar-refractivity contribution in [1.29, 1.82) is 0 Å². The molecule has 4 rings (SSSR count). The van der Waals surface area contributed by atoms with Crippen LogP contribution in [0.1, 0.15) is 29.9 Å². The monoisotopic (exact) mass is 464 g/mol. The number of aliphatic carboxylic acids is 1. The SMILES string of the molecule is C=CCC(NC(=O)OCC1c2ccccc2-c2ccccc21)C(=O)NCC1CC(C(=O)O)CO1. The van der Waals surface area contributed by atoms with Crippen LogP contribution in [0, 0.1) is 5.92 Å². The lowest BCUT2D eigenvalue weighted by Gasteiger charge is -2.19. The van der Waals surface area contributed by atoms with E-state index in [4.69, 9.17) is 14.6 Å². The van der Waals surface area contributed by atoms with Gasteiger partial charge in [-0.3, -0.25) is 9.59 Å². The van der Waals surface area contributed by atoms with Crippen LogP contribution in [0.2, 0.25) is 0 Å². The minimum absolute atomic E-state index is 0.0773. The molecular weight excluding hydrogens is 436 g/mol. The minimum atomic E-state index is -0.907. The molecule has 1 aliphatic heterocycles. The van der Waals surface area contributed by atoms with Crippen LogP contribution in [-0.2, 0) is 19.1 Å². The van der Waals surface area contributed by atoms with E-state index in [1.165, 1.54) is 0 Å². The van der Waals surface area contributed by atoms with Gasteiger partial charge in [-0.25, -0.2) is 4.79 Å². The molecule has 1 aliphatic carbocycles. The Morgan fingerprint density at radius 1 is 1.12 bits per heavy atom. The van der Waals surface area contributed by atoms with Crippen molar-refractivity contribution in [3.8, 4) is 11.1 Å². The van der Waals surface area contributed by atoms with E-state index in [9.17, 15) is 14.4 Å². The van der Waals surface area contributed by atoms with E-state index in [0.29, 0.717) is 6.42 Å². The van der Waals surface area contributed by atoms with E-state index in [1.807, 2.05) is 36.4 Å². The Hall–Kier alpha value is -3.65. The van der Waals surface area contributed by atoms with Crippen LogP contribution < -0.4 is 10.6 Å². The van der Waals surface area contributed by atoms with Gasteiger partial charge < -0.3 is 25.2 Å². The first kappa shape index (κ1) is 23.5. The van der Waals surface area contributed by atoms with Gasteiger partial charge >= 0.3 is 12.1 Å². The summed E-state index contributed by atoms with van der Waals surface area (Å²) in [6.45, 7) is 4.10. The zero-order valence-corrected chi connectivity index (χ0v) is 18.7. The molecule has 8 heteroatoms. The highest BCUT2D eigenvalue weighted by Crippen LogP contribution is 2.44. The van der Waals surface area contributed by atoms with Gasteiger partial charge in [-0.05, 0) is 35.1 Å². The molecule has 0 aromatic heterocycles. The number of rotatable bonds is 9. The molecule has 1 heterocycles. The van der Waals surface area contributed by atoms with Gasteiger partial charge in [0.2, 0.25) is 5.91 Å². The van der Waals surface area contributed by atoms with Crippen molar-refractivity contribution in [3.63, 3.8) is 0 Å². The number of alkyl carbamates (subject to hydrolysis) is 1. The van der Waals surface area contributed by atoms with Crippen molar-refractivity contribution < 1.29 is 29.0 Å². The third kappa shape index (κ3) is 5.12. The molecule has 3 atom stereocenters. The normalized spacial score (nSPS) is 19.5. The molecule has 0 bridgehead atoms. The van der Waals surface area contributed by atoms with Gasteiger partial charge in [-0.1, -0.05) is 54.6 Å². The van der Waals surface area contributed by atoms with Crippen molar-refractivity contribution in [1.82, 2.24) is 10.6 Å². The Bertz CT molecular complexity index is 1040. The van der Waals surface area contributed by atoms with E-state index in [0.717, 1.165) is 22.3 Å². The fraction of sp³-hybridized carbons (Fsp3) is 0.346. The first-order valence-electron chi connectivity index (χ1n) is 11.3. The van der Waals surface area contributed by atoms with E-state index in [-0.39, 0.29) is 38.2 Å². The number of amides is 2. The average Bonchev–Trinajstić information content (AvgIpc) is 3.44. The number of nitrogens with one attached hydrogen (secondary N) is 2. The summed E-state index contributed by atoms with van der Waals surface area (Å²) in [4.78, 5) is 36.2. The molecular formula is C26H28N2O6. The second kappa shape index (κ2) is 10.5. The van der Waals surface area contributed by atoms with Gasteiger partial charge in [-0.15, -0.1) is 6.58 Å². The molecule has 1 fully saturated rings. The first-order valence-corrected chi connectivity index (χ1v) is 11.3. The second-order valence-corrected chi connectivity index (χ2v) is 8.52. The Labute approximate surface area is 198 Å². The molecule has 0 saturated carbocycles. The zero-order valence-electron chi connectivity index (χ0n) is 18.7. The number of carbonyl (C=O) groups excluding carboxylic acids is 2. The lowest BCUT2D eigenvalue weighted by atomic mass is 9.98. The molecule has 2 amide bonds. The van der Waals surface area contributed by atoms with Gasteiger partial charge in [0.05, 0.1) is 18.6 Å². The van der Waals surface area contributed by atoms with Crippen LogP contribution in [0.5, 0.6) is 0 Å². The standard InChI is InChI=1S/C26H28N2O6/c1-2-7-23(24(29)27-13-17-12-16(14-33-17)25(30)31)28-26(32)34-15-22-20-10-5-3-8-18(20)19-9-4-6-11-21(19)22/h2-6,8-11,16-17,22-23H,1,7,12-15H2,(H,27,29)(H,28,32)(H,30,31). The smallest absolute Gasteiger partial charge is 0.407 e. The summed E-state index contributed by atoms with van der Waals surface area (Å²) < 4.78 is 11.0. The van der Waals surface area contributed by atoms with Gasteiger partial charge in [0, 0.05) is 12.5 Å². The van der Waals surface area contributed by atoms with Crippen LogP contribution in [-0.4, -0.2) is 55.0 Å². The molecule has 34 heavy (non-hydrogen) atoms. The largest absolute Gasteiger partial charge is 0.481 e. The van der Waals surface area contributed by atoms with Crippen molar-refractivity contribution >= 4 is 18.0 Å². The molecule has 2 aliphatic rings. The van der Waals surface area contributed by atoms with Crippen LogP contribution in [0.15, 0.2) is 61.2 Å². The third-order valence-corrected chi connectivity index (χ3v) is 6.29. The summed E-state index contributed by atoms with van der Waals surface area (Å²) in [6.07, 6.45) is 1.04. The Morgan fingerprint density at radius 3 is 2.35 bits per heavy atom. The Kier molecular flexibility index (Phi) is 7.27. The lowest BCUT2D eigenvalue weighted by Crippen LogP contribution is -2.48. The van der Waals surface area contributed by atoms with E-state index in [2.05, 4.69) is 29.3 Å². The molecule has 2 aromatic carbocycles. The molecule has 8 nitrogen and oxygen atoms in total. The number of ether oxygens (including phenoxy) is 2. The summed E-state index contributed by atoms with van der Waals surface area (Å²) in [5, 5.41) is 14.4. The number of carboxylic acid groups (broad SMARTS) is 1. The van der Waals surface area contributed by atoms with Crippen molar-refractivity contribution in [2.45, 2.75) is 30.9 Å². The number of fused-ring (bicyclic) bond motifs is 3. The number of carboxylic acids is 1. The molecule has 2 aromatic rings. The zero-order chi connectivity index (χ0) is 24.1. The van der Waals surface area contributed by atoms with Crippen LogP contribution in [0.4, 0.5) is 4.79 Å². The number of carbonyl (C=O) groups is 3.